The minimum absolute atomic E-state index is 0.195. The summed E-state index contributed by atoms with van der Waals surface area (Å²) in [5.41, 5.74) is 3.91. The van der Waals surface area contributed by atoms with E-state index < -0.39 is 6.04 Å². The van der Waals surface area contributed by atoms with Crippen LogP contribution in [0.2, 0.25) is 5.02 Å². The third-order valence-corrected chi connectivity index (χ3v) is 6.77. The Hall–Kier alpha value is -2.61. The number of ether oxygens (including phenoxy) is 1. The summed E-state index contributed by atoms with van der Waals surface area (Å²) < 4.78 is 5.46. The number of carbonyl (C=O) groups excluding carboxylic acids is 2. The lowest BCUT2D eigenvalue weighted by molar-refractivity contribution is -0.119. The first-order valence-corrected chi connectivity index (χ1v) is 11.2. The summed E-state index contributed by atoms with van der Waals surface area (Å²) in [5.74, 6) is -0.215. The van der Waals surface area contributed by atoms with E-state index in [2.05, 4.69) is 41.6 Å². The van der Waals surface area contributed by atoms with Crippen LogP contribution < -0.4 is 10.6 Å². The molecule has 0 spiro atoms. The number of likely N-dealkylation sites (tertiary alicyclic amines) is 1. The molecule has 0 bridgehead atoms. The number of urea groups is 1. The molecule has 3 amide bonds. The molecule has 2 heterocycles. The van der Waals surface area contributed by atoms with Gasteiger partial charge in [-0.2, -0.15) is 0 Å². The predicted molar refractivity (Wildman–Crippen MR) is 126 cm³/mol. The molecule has 2 unspecified atom stereocenters. The number of amides is 3. The highest BCUT2D eigenvalue weighted by atomic mass is 35.5. The number of nitrogens with one attached hydrogen (secondary N) is 2. The fourth-order valence-corrected chi connectivity index (χ4v) is 4.54. The molecular formula is C24H29ClN4O3. The molecule has 0 saturated carbocycles. The van der Waals surface area contributed by atoms with Gasteiger partial charge in [0, 0.05) is 49.1 Å². The maximum Gasteiger partial charge on any atom is 0.322 e. The fraction of sp³-hybridized carbons (Fsp3) is 0.417. The number of hydrogen-bond acceptors (Lipinski definition) is 4. The van der Waals surface area contributed by atoms with Crippen LogP contribution in [0.3, 0.4) is 0 Å². The average molecular weight is 457 g/mol. The molecule has 7 nitrogen and oxygen atoms in total. The van der Waals surface area contributed by atoms with Crippen LogP contribution in [0.25, 0.3) is 0 Å². The Morgan fingerprint density at radius 1 is 1.09 bits per heavy atom. The predicted octanol–water partition coefficient (Wildman–Crippen LogP) is 4.15. The second kappa shape index (κ2) is 9.48. The topological polar surface area (TPSA) is 73.9 Å². The van der Waals surface area contributed by atoms with Gasteiger partial charge in [-0.15, -0.1) is 0 Å². The van der Waals surface area contributed by atoms with Crippen molar-refractivity contribution in [2.45, 2.75) is 38.0 Å². The monoisotopic (exact) mass is 456 g/mol. The highest BCUT2D eigenvalue weighted by Crippen LogP contribution is 2.31. The maximum absolute atomic E-state index is 13.2. The second-order valence-electron chi connectivity index (χ2n) is 8.51. The highest BCUT2D eigenvalue weighted by Gasteiger charge is 2.40. The van der Waals surface area contributed by atoms with Gasteiger partial charge in [0.15, 0.2) is 0 Å². The molecule has 170 valence electrons. The number of halogens is 1. The summed E-state index contributed by atoms with van der Waals surface area (Å²) in [7, 11) is 3.71. The minimum Gasteiger partial charge on any atom is -0.380 e. The van der Waals surface area contributed by atoms with Crippen molar-refractivity contribution in [1.29, 1.82) is 0 Å². The van der Waals surface area contributed by atoms with E-state index >= 15 is 0 Å². The quantitative estimate of drug-likeness (QED) is 0.724. The van der Waals surface area contributed by atoms with Crippen LogP contribution in [-0.4, -0.2) is 61.1 Å². The van der Waals surface area contributed by atoms with Gasteiger partial charge in [-0.1, -0.05) is 17.7 Å². The van der Waals surface area contributed by atoms with E-state index in [1.807, 2.05) is 6.07 Å². The van der Waals surface area contributed by atoms with E-state index in [1.165, 1.54) is 16.0 Å². The Balaban J connectivity index is 1.48. The van der Waals surface area contributed by atoms with E-state index in [9.17, 15) is 9.59 Å². The number of benzene rings is 2. The molecule has 32 heavy (non-hydrogen) atoms. The maximum atomic E-state index is 13.2. The number of fused-ring (bicyclic) bond motifs is 1. The summed E-state index contributed by atoms with van der Waals surface area (Å²) in [4.78, 5) is 30.0. The number of carbonyl (C=O) groups is 2. The third-order valence-electron chi connectivity index (χ3n) is 6.51. The van der Waals surface area contributed by atoms with Crippen molar-refractivity contribution in [3.05, 3.63) is 58.6 Å². The Bertz CT molecular complexity index is 997. The van der Waals surface area contributed by atoms with Crippen LogP contribution in [0.4, 0.5) is 16.2 Å². The lowest BCUT2D eigenvalue weighted by atomic mass is 9.93. The van der Waals surface area contributed by atoms with Crippen molar-refractivity contribution < 1.29 is 14.3 Å². The Morgan fingerprint density at radius 3 is 2.53 bits per heavy atom. The first-order valence-electron chi connectivity index (χ1n) is 10.9. The van der Waals surface area contributed by atoms with E-state index in [-0.39, 0.29) is 18.0 Å². The van der Waals surface area contributed by atoms with Crippen molar-refractivity contribution in [2.75, 3.05) is 37.9 Å². The second-order valence-corrected chi connectivity index (χ2v) is 8.94. The number of hydrogen-bond donors (Lipinski definition) is 2. The summed E-state index contributed by atoms with van der Waals surface area (Å²) in [6, 6.07) is 12.3. The van der Waals surface area contributed by atoms with E-state index in [0.29, 0.717) is 29.7 Å². The van der Waals surface area contributed by atoms with Gasteiger partial charge in [-0.3, -0.25) is 9.69 Å². The smallest absolute Gasteiger partial charge is 0.322 e. The van der Waals surface area contributed by atoms with Gasteiger partial charge in [-0.05, 0) is 67.9 Å². The van der Waals surface area contributed by atoms with Crippen LogP contribution in [-0.2, 0) is 16.0 Å². The number of rotatable bonds is 4. The molecule has 2 aromatic carbocycles. The van der Waals surface area contributed by atoms with Crippen molar-refractivity contribution in [1.82, 2.24) is 9.80 Å². The molecule has 0 aliphatic carbocycles. The number of nitrogens with zero attached hydrogens (tertiary/aromatic N) is 2. The number of likely N-dealkylation sites (N-methyl/N-ethyl adjacent to an activating group) is 1. The van der Waals surface area contributed by atoms with Crippen molar-refractivity contribution >= 4 is 34.9 Å². The Kier molecular flexibility index (Phi) is 6.69. The van der Waals surface area contributed by atoms with Gasteiger partial charge < -0.3 is 20.3 Å². The van der Waals surface area contributed by atoms with Crippen LogP contribution in [0.15, 0.2) is 42.5 Å². The zero-order valence-electron chi connectivity index (χ0n) is 18.6. The molecule has 2 aliphatic rings. The van der Waals surface area contributed by atoms with Gasteiger partial charge in [-0.25, -0.2) is 4.79 Å². The van der Waals surface area contributed by atoms with Crippen molar-refractivity contribution in [2.24, 2.45) is 0 Å². The summed E-state index contributed by atoms with van der Waals surface area (Å²) in [6.45, 7) is 3.55. The summed E-state index contributed by atoms with van der Waals surface area (Å²) in [5, 5.41) is 6.45. The van der Waals surface area contributed by atoms with Crippen molar-refractivity contribution in [3.63, 3.8) is 0 Å². The molecule has 0 aromatic heterocycles. The van der Waals surface area contributed by atoms with E-state index in [1.54, 1.807) is 31.4 Å². The summed E-state index contributed by atoms with van der Waals surface area (Å²) >= 11 is 5.92. The average Bonchev–Trinajstić information content (AvgIpc) is 3.23. The zero-order chi connectivity index (χ0) is 22.8. The molecule has 2 aliphatic heterocycles. The first kappa shape index (κ1) is 22.6. The van der Waals surface area contributed by atoms with E-state index in [4.69, 9.17) is 16.3 Å². The molecule has 4 rings (SSSR count). The normalized spacial score (nSPS) is 23.0. The number of anilines is 2. The zero-order valence-corrected chi connectivity index (χ0v) is 19.4. The van der Waals surface area contributed by atoms with Gasteiger partial charge in [0.1, 0.15) is 6.04 Å². The minimum atomic E-state index is -0.622. The van der Waals surface area contributed by atoms with Crippen LogP contribution >= 0.6 is 11.6 Å². The standard InChI is InChI=1S/C24H29ClN4O3/c1-15-21-12-19(7-4-16(21)10-11-28(15)2)26-23(30)22-13-20(32-3)14-29(22)24(31)27-18-8-5-17(25)6-9-18/h4-9,12,15,20,22H,10-11,13-14H2,1-3H3,(H,26,30)(H,27,31)/t15?,20?,22-/m1/s1. The molecule has 1 saturated heterocycles. The first-order chi connectivity index (χ1) is 15.4. The van der Waals surface area contributed by atoms with Crippen LogP contribution in [0.5, 0.6) is 0 Å². The van der Waals surface area contributed by atoms with Crippen molar-refractivity contribution in [3.8, 4) is 0 Å². The largest absolute Gasteiger partial charge is 0.380 e. The van der Waals surface area contributed by atoms with Crippen LogP contribution in [0.1, 0.15) is 30.5 Å². The Morgan fingerprint density at radius 2 is 1.81 bits per heavy atom. The molecule has 2 aromatic rings. The molecular weight excluding hydrogens is 428 g/mol. The van der Waals surface area contributed by atoms with Gasteiger partial charge in [0.05, 0.1) is 6.10 Å². The Labute approximate surface area is 193 Å². The van der Waals surface area contributed by atoms with Gasteiger partial charge in [0.25, 0.3) is 0 Å². The fourth-order valence-electron chi connectivity index (χ4n) is 4.41. The number of methoxy groups -OCH3 is 1. The molecule has 1 fully saturated rings. The summed E-state index contributed by atoms with van der Waals surface area (Å²) in [6.07, 6.45) is 1.25. The SMILES string of the molecule is COC1C[C@H](C(=O)Nc2ccc3c(c2)C(C)N(C)CC3)N(C(=O)Nc2ccc(Cl)cc2)C1. The molecule has 0 radical (unpaired) electrons. The molecule has 8 heteroatoms. The van der Waals surface area contributed by atoms with Crippen LogP contribution in [0, 0.1) is 0 Å². The molecule has 3 atom stereocenters. The van der Waals surface area contributed by atoms with E-state index in [0.717, 1.165) is 18.7 Å². The third kappa shape index (κ3) is 4.75. The lowest BCUT2D eigenvalue weighted by Crippen LogP contribution is -2.45. The van der Waals surface area contributed by atoms with Gasteiger partial charge >= 0.3 is 6.03 Å². The highest BCUT2D eigenvalue weighted by molar-refractivity contribution is 6.30. The van der Waals surface area contributed by atoms with Gasteiger partial charge in [0.2, 0.25) is 5.91 Å². The lowest BCUT2D eigenvalue weighted by Gasteiger charge is -2.32. The molecule has 2 N–H and O–H groups in total.